The summed E-state index contributed by atoms with van der Waals surface area (Å²) in [5.74, 6) is 0.743. The van der Waals surface area contributed by atoms with E-state index >= 15 is 0 Å². The highest BCUT2D eigenvalue weighted by Gasteiger charge is 2.32. The molecule has 0 bridgehead atoms. The number of guanidine groups is 1. The summed E-state index contributed by atoms with van der Waals surface area (Å²) in [4.78, 5) is 9.17. The van der Waals surface area contributed by atoms with Gasteiger partial charge in [-0.25, -0.2) is 4.39 Å². The maximum atomic E-state index is 13.4. The van der Waals surface area contributed by atoms with Crippen LogP contribution in [-0.4, -0.2) is 76.1 Å². The lowest BCUT2D eigenvalue weighted by Crippen LogP contribution is -2.53. The highest BCUT2D eigenvalue weighted by molar-refractivity contribution is 5.80. The molecule has 0 aromatic heterocycles. The van der Waals surface area contributed by atoms with Crippen LogP contribution in [0.2, 0.25) is 0 Å². The Morgan fingerprint density at radius 3 is 2.93 bits per heavy atom. The molecule has 0 amide bonds. The molecule has 2 atom stereocenters. The first-order valence-corrected chi connectivity index (χ1v) is 10.4. The summed E-state index contributed by atoms with van der Waals surface area (Å²) in [5.41, 5.74) is 0.892. The average molecular weight is 393 g/mol. The zero-order chi connectivity index (χ0) is 19.8. The van der Waals surface area contributed by atoms with E-state index in [0.717, 1.165) is 70.2 Å². The van der Waals surface area contributed by atoms with Gasteiger partial charge in [-0.3, -0.25) is 4.99 Å². The number of halogens is 1. The molecule has 0 aliphatic carbocycles. The third-order valence-corrected chi connectivity index (χ3v) is 5.27. The summed E-state index contributed by atoms with van der Waals surface area (Å²) in [6.45, 7) is 7.69. The van der Waals surface area contributed by atoms with E-state index < -0.39 is 0 Å². The molecule has 3 rings (SSSR count). The van der Waals surface area contributed by atoms with E-state index in [1.54, 1.807) is 12.1 Å². The fraction of sp³-hybridized carbons (Fsp3) is 0.667. The van der Waals surface area contributed by atoms with Crippen LogP contribution in [0.3, 0.4) is 0 Å². The van der Waals surface area contributed by atoms with Crippen molar-refractivity contribution in [2.75, 3.05) is 57.9 Å². The van der Waals surface area contributed by atoms with Crippen molar-refractivity contribution < 1.29 is 13.9 Å². The SMILES string of the molecule is CCNC(=NCCCN(C)c1cccc(F)c1)N1CCOC(C2CCCO2)C1. The molecule has 2 aliphatic rings. The van der Waals surface area contributed by atoms with Crippen molar-refractivity contribution in [3.05, 3.63) is 30.1 Å². The third kappa shape index (κ3) is 5.82. The first-order chi connectivity index (χ1) is 13.7. The molecule has 28 heavy (non-hydrogen) atoms. The summed E-state index contributed by atoms with van der Waals surface area (Å²) in [6, 6.07) is 6.70. The number of aliphatic imine (C=N–C) groups is 1. The standard InChI is InChI=1S/C21H33FN4O2/c1-3-23-21(26-12-14-28-20(16-26)19-9-5-13-27-19)24-10-6-11-25(2)18-8-4-7-17(22)15-18/h4,7-8,15,19-20H,3,5-6,9-14,16H2,1-2H3,(H,23,24). The Morgan fingerprint density at radius 2 is 2.18 bits per heavy atom. The van der Waals surface area contributed by atoms with E-state index in [2.05, 4.69) is 22.0 Å². The fourth-order valence-electron chi connectivity index (χ4n) is 3.75. The van der Waals surface area contributed by atoms with Crippen LogP contribution in [-0.2, 0) is 9.47 Å². The molecule has 0 saturated carbocycles. The first kappa shape index (κ1) is 20.9. The Kier molecular flexibility index (Phi) is 7.91. The van der Waals surface area contributed by atoms with Crippen molar-refractivity contribution in [1.82, 2.24) is 10.2 Å². The molecule has 0 spiro atoms. The number of rotatable bonds is 7. The van der Waals surface area contributed by atoms with E-state index in [9.17, 15) is 4.39 Å². The zero-order valence-corrected chi connectivity index (χ0v) is 17.1. The van der Waals surface area contributed by atoms with Crippen molar-refractivity contribution in [2.24, 2.45) is 4.99 Å². The Labute approximate surface area is 167 Å². The lowest BCUT2D eigenvalue weighted by atomic mass is 10.1. The number of nitrogens with zero attached hydrogens (tertiary/aromatic N) is 3. The summed E-state index contributed by atoms with van der Waals surface area (Å²) < 4.78 is 25.1. The number of nitrogens with one attached hydrogen (secondary N) is 1. The van der Waals surface area contributed by atoms with Gasteiger partial charge in [0.15, 0.2) is 5.96 Å². The van der Waals surface area contributed by atoms with Crippen LogP contribution in [0.1, 0.15) is 26.2 Å². The average Bonchev–Trinajstić information content (AvgIpc) is 3.25. The van der Waals surface area contributed by atoms with Crippen LogP contribution < -0.4 is 10.2 Å². The van der Waals surface area contributed by atoms with Gasteiger partial charge < -0.3 is 24.6 Å². The molecule has 6 nitrogen and oxygen atoms in total. The fourth-order valence-corrected chi connectivity index (χ4v) is 3.75. The Morgan fingerprint density at radius 1 is 1.32 bits per heavy atom. The molecule has 1 aromatic rings. The van der Waals surface area contributed by atoms with Gasteiger partial charge in [-0.2, -0.15) is 0 Å². The molecular formula is C21H33FN4O2. The second kappa shape index (κ2) is 10.6. The van der Waals surface area contributed by atoms with Gasteiger partial charge in [0, 0.05) is 52.1 Å². The van der Waals surface area contributed by atoms with E-state index in [0.29, 0.717) is 6.61 Å². The summed E-state index contributed by atoms with van der Waals surface area (Å²) in [6.07, 6.45) is 3.45. The molecule has 2 unspecified atom stereocenters. The van der Waals surface area contributed by atoms with Gasteiger partial charge in [-0.1, -0.05) is 6.07 Å². The topological polar surface area (TPSA) is 49.3 Å². The highest BCUT2D eigenvalue weighted by Crippen LogP contribution is 2.21. The lowest BCUT2D eigenvalue weighted by Gasteiger charge is -2.37. The minimum absolute atomic E-state index is 0.124. The smallest absolute Gasteiger partial charge is 0.194 e. The molecular weight excluding hydrogens is 359 g/mol. The normalized spacial score (nSPS) is 23.1. The van der Waals surface area contributed by atoms with Gasteiger partial charge in [-0.05, 0) is 44.4 Å². The number of anilines is 1. The van der Waals surface area contributed by atoms with E-state index in [-0.39, 0.29) is 18.0 Å². The summed E-state index contributed by atoms with van der Waals surface area (Å²) in [5, 5.41) is 3.41. The van der Waals surface area contributed by atoms with Gasteiger partial charge in [0.1, 0.15) is 11.9 Å². The molecule has 2 aliphatic heterocycles. The third-order valence-electron chi connectivity index (χ3n) is 5.27. The quantitative estimate of drug-likeness (QED) is 0.439. The van der Waals surface area contributed by atoms with Crippen molar-refractivity contribution in [2.45, 2.75) is 38.4 Å². The van der Waals surface area contributed by atoms with Crippen molar-refractivity contribution in [3.8, 4) is 0 Å². The highest BCUT2D eigenvalue weighted by atomic mass is 19.1. The van der Waals surface area contributed by atoms with E-state index in [1.807, 2.05) is 13.1 Å². The van der Waals surface area contributed by atoms with Gasteiger partial charge in [0.05, 0.1) is 12.7 Å². The minimum Gasteiger partial charge on any atom is -0.375 e. The van der Waals surface area contributed by atoms with Gasteiger partial charge in [-0.15, -0.1) is 0 Å². The predicted octanol–water partition coefficient (Wildman–Crippen LogP) is 2.50. The first-order valence-electron chi connectivity index (χ1n) is 10.4. The Balaban J connectivity index is 1.50. The van der Waals surface area contributed by atoms with Crippen LogP contribution in [0.15, 0.2) is 29.3 Å². The number of benzene rings is 1. The number of ether oxygens (including phenoxy) is 2. The summed E-state index contributed by atoms with van der Waals surface area (Å²) >= 11 is 0. The molecule has 2 heterocycles. The van der Waals surface area contributed by atoms with Crippen molar-refractivity contribution in [3.63, 3.8) is 0 Å². The molecule has 0 radical (unpaired) electrons. The molecule has 1 N–H and O–H groups in total. The second-order valence-electron chi connectivity index (χ2n) is 7.40. The number of hydrogen-bond donors (Lipinski definition) is 1. The van der Waals surface area contributed by atoms with Crippen LogP contribution in [0.5, 0.6) is 0 Å². The van der Waals surface area contributed by atoms with Crippen molar-refractivity contribution >= 4 is 11.6 Å². The van der Waals surface area contributed by atoms with Crippen LogP contribution in [0.25, 0.3) is 0 Å². The Hall–Kier alpha value is -1.86. The minimum atomic E-state index is -0.204. The lowest BCUT2D eigenvalue weighted by molar-refractivity contribution is -0.0817. The maximum absolute atomic E-state index is 13.4. The second-order valence-corrected chi connectivity index (χ2v) is 7.40. The number of morpholine rings is 1. The van der Waals surface area contributed by atoms with Gasteiger partial charge in [0.2, 0.25) is 0 Å². The van der Waals surface area contributed by atoms with E-state index in [4.69, 9.17) is 14.5 Å². The number of hydrogen-bond acceptors (Lipinski definition) is 4. The summed E-state index contributed by atoms with van der Waals surface area (Å²) in [7, 11) is 1.98. The van der Waals surface area contributed by atoms with Crippen LogP contribution in [0, 0.1) is 5.82 Å². The van der Waals surface area contributed by atoms with Crippen LogP contribution >= 0.6 is 0 Å². The largest absolute Gasteiger partial charge is 0.375 e. The molecule has 1 aromatic carbocycles. The predicted molar refractivity (Wildman–Crippen MR) is 111 cm³/mol. The monoisotopic (exact) mass is 392 g/mol. The van der Waals surface area contributed by atoms with E-state index in [1.165, 1.54) is 6.07 Å². The van der Waals surface area contributed by atoms with Gasteiger partial charge in [0.25, 0.3) is 0 Å². The Bertz CT molecular complexity index is 637. The van der Waals surface area contributed by atoms with Gasteiger partial charge >= 0.3 is 0 Å². The molecule has 7 heteroatoms. The van der Waals surface area contributed by atoms with Crippen molar-refractivity contribution in [1.29, 1.82) is 0 Å². The molecule has 2 fully saturated rings. The molecule has 156 valence electrons. The van der Waals surface area contributed by atoms with Crippen LogP contribution in [0.4, 0.5) is 10.1 Å². The molecule has 2 saturated heterocycles. The zero-order valence-electron chi connectivity index (χ0n) is 17.1. The maximum Gasteiger partial charge on any atom is 0.194 e.